The predicted molar refractivity (Wildman–Crippen MR) is 73.8 cm³/mol. The van der Waals surface area contributed by atoms with Crippen molar-refractivity contribution in [2.75, 3.05) is 25.0 Å². The summed E-state index contributed by atoms with van der Waals surface area (Å²) in [6, 6.07) is 0. The number of aromatic nitrogens is 2. The van der Waals surface area contributed by atoms with Crippen molar-refractivity contribution in [1.82, 2.24) is 15.1 Å². The molecule has 2 N–H and O–H groups in total. The highest BCUT2D eigenvalue weighted by Gasteiger charge is 2.24. The molecule has 0 amide bonds. The molecule has 2 rings (SSSR count). The number of aliphatic hydroxyl groups is 1. The average molecular weight is 270 g/mol. The van der Waals surface area contributed by atoms with E-state index in [9.17, 15) is 5.11 Å². The third-order valence-corrected chi connectivity index (χ3v) is 4.16. The van der Waals surface area contributed by atoms with E-state index in [1.807, 2.05) is 0 Å². The van der Waals surface area contributed by atoms with Crippen molar-refractivity contribution in [2.24, 2.45) is 5.92 Å². The molecule has 2 atom stereocenters. The number of nitrogens with one attached hydrogen (secondary N) is 1. The van der Waals surface area contributed by atoms with Crippen molar-refractivity contribution < 1.29 is 5.11 Å². The van der Waals surface area contributed by atoms with E-state index in [1.165, 1.54) is 0 Å². The van der Waals surface area contributed by atoms with Gasteiger partial charge in [0.05, 0.1) is 12.6 Å². The number of aliphatic hydroxyl groups excluding tert-OH is 1. The molecule has 1 aliphatic rings. The zero-order valence-electron chi connectivity index (χ0n) is 11.1. The van der Waals surface area contributed by atoms with Crippen molar-refractivity contribution in [2.45, 2.75) is 39.3 Å². The molecule has 1 saturated heterocycles. The van der Waals surface area contributed by atoms with E-state index in [-0.39, 0.29) is 6.10 Å². The second kappa shape index (κ2) is 6.45. The van der Waals surface area contributed by atoms with Gasteiger partial charge >= 0.3 is 0 Å². The van der Waals surface area contributed by atoms with Gasteiger partial charge in [0.1, 0.15) is 5.01 Å². The first-order chi connectivity index (χ1) is 8.69. The third-order valence-electron chi connectivity index (χ3n) is 3.30. The van der Waals surface area contributed by atoms with Gasteiger partial charge in [-0.1, -0.05) is 25.2 Å². The van der Waals surface area contributed by atoms with Crippen molar-refractivity contribution in [1.29, 1.82) is 0 Å². The Morgan fingerprint density at radius 3 is 3.06 bits per heavy atom. The van der Waals surface area contributed by atoms with E-state index in [0.29, 0.717) is 5.92 Å². The topological polar surface area (TPSA) is 61.3 Å². The van der Waals surface area contributed by atoms with Gasteiger partial charge in [0.15, 0.2) is 0 Å². The van der Waals surface area contributed by atoms with Crippen LogP contribution in [0.15, 0.2) is 0 Å². The third kappa shape index (κ3) is 3.63. The molecule has 2 heterocycles. The summed E-state index contributed by atoms with van der Waals surface area (Å²) < 4.78 is 0. The second-order valence-corrected chi connectivity index (χ2v) is 6.06. The first kappa shape index (κ1) is 13.7. The molecule has 1 aliphatic heterocycles. The lowest BCUT2D eigenvalue weighted by molar-refractivity contribution is 0.0319. The van der Waals surface area contributed by atoms with E-state index in [1.54, 1.807) is 11.3 Å². The molecule has 1 fully saturated rings. The van der Waals surface area contributed by atoms with Crippen LogP contribution in [0, 0.1) is 5.92 Å². The largest absolute Gasteiger partial charge is 0.393 e. The molecule has 0 spiro atoms. The van der Waals surface area contributed by atoms with Crippen LogP contribution in [0.1, 0.15) is 31.7 Å². The number of hydrogen-bond donors (Lipinski definition) is 2. The van der Waals surface area contributed by atoms with Gasteiger partial charge in [-0.25, -0.2) is 0 Å². The second-order valence-electron chi connectivity index (χ2n) is 5.00. The fourth-order valence-electron chi connectivity index (χ4n) is 2.18. The van der Waals surface area contributed by atoms with Crippen molar-refractivity contribution in [3.8, 4) is 0 Å². The summed E-state index contributed by atoms with van der Waals surface area (Å²) in [6.07, 6.45) is 1.81. The van der Waals surface area contributed by atoms with E-state index in [4.69, 9.17) is 0 Å². The molecule has 0 bridgehead atoms. The molecule has 0 radical (unpaired) electrons. The van der Waals surface area contributed by atoms with Crippen LogP contribution in [0.2, 0.25) is 0 Å². The molecule has 6 heteroatoms. The molecule has 2 unspecified atom stereocenters. The van der Waals surface area contributed by atoms with Crippen LogP contribution < -0.4 is 5.32 Å². The maximum absolute atomic E-state index is 9.70. The Hall–Kier alpha value is -0.720. The van der Waals surface area contributed by atoms with Gasteiger partial charge in [0.2, 0.25) is 5.13 Å². The van der Waals surface area contributed by atoms with Gasteiger partial charge in [0, 0.05) is 19.6 Å². The van der Waals surface area contributed by atoms with Crippen LogP contribution in [0.3, 0.4) is 0 Å². The molecule has 0 saturated carbocycles. The molecule has 102 valence electrons. The highest BCUT2D eigenvalue weighted by atomic mass is 32.1. The summed E-state index contributed by atoms with van der Waals surface area (Å²) in [4.78, 5) is 2.35. The molecule has 5 nitrogen and oxygen atoms in total. The quantitative estimate of drug-likeness (QED) is 0.850. The number of anilines is 1. The van der Waals surface area contributed by atoms with Crippen LogP contribution in [-0.2, 0) is 6.54 Å². The van der Waals surface area contributed by atoms with Gasteiger partial charge < -0.3 is 10.4 Å². The molecular weight excluding hydrogens is 248 g/mol. The average Bonchev–Trinajstić information content (AvgIpc) is 2.79. The van der Waals surface area contributed by atoms with Crippen LogP contribution >= 0.6 is 11.3 Å². The van der Waals surface area contributed by atoms with Crippen molar-refractivity contribution in [3.05, 3.63) is 5.01 Å². The highest BCUT2D eigenvalue weighted by Crippen LogP contribution is 2.21. The van der Waals surface area contributed by atoms with Gasteiger partial charge in [-0.05, 0) is 18.8 Å². The fourth-order valence-corrected chi connectivity index (χ4v) is 2.98. The monoisotopic (exact) mass is 270 g/mol. The van der Waals surface area contributed by atoms with E-state index in [2.05, 4.69) is 34.3 Å². The van der Waals surface area contributed by atoms with E-state index in [0.717, 1.165) is 49.2 Å². The number of piperidine rings is 1. The number of hydrogen-bond acceptors (Lipinski definition) is 6. The lowest BCUT2D eigenvalue weighted by Gasteiger charge is -2.33. The Bertz CT molecular complexity index is 371. The lowest BCUT2D eigenvalue weighted by atomic mass is 9.97. The van der Waals surface area contributed by atoms with Gasteiger partial charge in [-0.15, -0.1) is 10.2 Å². The number of likely N-dealkylation sites (tertiary alicyclic amines) is 1. The predicted octanol–water partition coefficient (Wildman–Crippen LogP) is 1.56. The minimum absolute atomic E-state index is 0.141. The number of rotatable bonds is 5. The maximum atomic E-state index is 9.70. The zero-order chi connectivity index (χ0) is 13.0. The minimum Gasteiger partial charge on any atom is -0.393 e. The summed E-state index contributed by atoms with van der Waals surface area (Å²) in [5, 5.41) is 23.3. The lowest BCUT2D eigenvalue weighted by Crippen LogP contribution is -2.41. The van der Waals surface area contributed by atoms with Crippen LogP contribution in [0.25, 0.3) is 0 Å². The molecule has 1 aromatic rings. The van der Waals surface area contributed by atoms with Crippen LogP contribution in [0.4, 0.5) is 5.13 Å². The van der Waals surface area contributed by atoms with Crippen LogP contribution in [0.5, 0.6) is 0 Å². The summed E-state index contributed by atoms with van der Waals surface area (Å²) in [5.74, 6) is 0.351. The van der Waals surface area contributed by atoms with Gasteiger partial charge in [-0.3, -0.25) is 4.90 Å². The summed E-state index contributed by atoms with van der Waals surface area (Å²) >= 11 is 1.63. The normalized spacial score (nSPS) is 25.3. The van der Waals surface area contributed by atoms with Gasteiger partial charge in [-0.2, -0.15) is 0 Å². The van der Waals surface area contributed by atoms with Crippen molar-refractivity contribution in [3.63, 3.8) is 0 Å². The Balaban J connectivity index is 1.84. The Labute approximate surface area is 112 Å². The summed E-state index contributed by atoms with van der Waals surface area (Å²) in [6.45, 7) is 7.92. The maximum Gasteiger partial charge on any atom is 0.205 e. The highest BCUT2D eigenvalue weighted by molar-refractivity contribution is 7.15. The van der Waals surface area contributed by atoms with E-state index >= 15 is 0 Å². The molecule has 0 aromatic carbocycles. The Morgan fingerprint density at radius 1 is 1.50 bits per heavy atom. The summed E-state index contributed by atoms with van der Waals surface area (Å²) in [5.41, 5.74) is 0. The Kier molecular flexibility index (Phi) is 4.91. The smallest absolute Gasteiger partial charge is 0.205 e. The first-order valence-corrected chi connectivity index (χ1v) is 7.47. The SMILES string of the molecule is CCCNc1nnc(CN2CCC(O)C(C)C2)s1. The van der Waals surface area contributed by atoms with E-state index < -0.39 is 0 Å². The van der Waals surface area contributed by atoms with Gasteiger partial charge in [0.25, 0.3) is 0 Å². The molecular formula is C12H22N4OS. The first-order valence-electron chi connectivity index (χ1n) is 6.65. The zero-order valence-corrected chi connectivity index (χ0v) is 11.9. The minimum atomic E-state index is -0.141. The van der Waals surface area contributed by atoms with Crippen LogP contribution in [-0.4, -0.2) is 45.9 Å². The standard InChI is InChI=1S/C12H22N4OS/c1-3-5-13-12-15-14-11(18-12)8-16-6-4-10(17)9(2)7-16/h9-10,17H,3-8H2,1-2H3,(H,13,15). The molecule has 0 aliphatic carbocycles. The summed E-state index contributed by atoms with van der Waals surface area (Å²) in [7, 11) is 0. The number of nitrogens with zero attached hydrogens (tertiary/aromatic N) is 3. The van der Waals surface area contributed by atoms with Crippen molar-refractivity contribution >= 4 is 16.5 Å². The molecule has 18 heavy (non-hydrogen) atoms. The molecule has 1 aromatic heterocycles. The fraction of sp³-hybridized carbons (Fsp3) is 0.833. The Morgan fingerprint density at radius 2 is 2.33 bits per heavy atom.